The van der Waals surface area contributed by atoms with Gasteiger partial charge in [0, 0.05) is 0 Å². The summed E-state index contributed by atoms with van der Waals surface area (Å²) in [6.07, 6.45) is 6.59. The molecule has 1 rings (SSSR count). The number of carboxylic acid groups (broad SMARTS) is 1. The Morgan fingerprint density at radius 3 is 2.67 bits per heavy atom. The molecule has 0 heterocycles. The van der Waals surface area contributed by atoms with Crippen LogP contribution in [0.5, 0.6) is 0 Å². The van der Waals surface area contributed by atoms with Crippen molar-refractivity contribution in [3.05, 3.63) is 0 Å². The molecule has 0 aromatic carbocycles. The topological polar surface area (TPSA) is 37.3 Å². The van der Waals surface area contributed by atoms with Gasteiger partial charge in [-0.3, -0.25) is 4.79 Å². The van der Waals surface area contributed by atoms with Crippen LogP contribution in [0.15, 0.2) is 0 Å². The second-order valence-corrected chi connectivity index (χ2v) is 3.78. The Labute approximate surface area is 74.0 Å². The SMILES string of the molecule is CCCC1CCCC[C@H]1C(=O)O. The summed E-state index contributed by atoms with van der Waals surface area (Å²) in [6.45, 7) is 2.13. The number of carboxylic acids is 1. The zero-order valence-electron chi connectivity index (χ0n) is 7.75. The van der Waals surface area contributed by atoms with Crippen molar-refractivity contribution in [3.63, 3.8) is 0 Å². The Morgan fingerprint density at radius 2 is 2.08 bits per heavy atom. The highest BCUT2D eigenvalue weighted by molar-refractivity contribution is 5.70. The minimum atomic E-state index is -0.576. The van der Waals surface area contributed by atoms with Gasteiger partial charge in [-0.15, -0.1) is 0 Å². The Morgan fingerprint density at radius 1 is 1.42 bits per heavy atom. The van der Waals surface area contributed by atoms with E-state index in [-0.39, 0.29) is 5.92 Å². The van der Waals surface area contributed by atoms with Crippen molar-refractivity contribution in [2.24, 2.45) is 11.8 Å². The monoisotopic (exact) mass is 170 g/mol. The third kappa shape index (κ3) is 2.23. The van der Waals surface area contributed by atoms with E-state index in [0.717, 1.165) is 32.1 Å². The molecule has 0 aliphatic heterocycles. The second-order valence-electron chi connectivity index (χ2n) is 3.78. The fraction of sp³-hybridized carbons (Fsp3) is 0.900. The van der Waals surface area contributed by atoms with E-state index >= 15 is 0 Å². The van der Waals surface area contributed by atoms with Crippen molar-refractivity contribution in [1.82, 2.24) is 0 Å². The maximum absolute atomic E-state index is 10.8. The molecule has 2 heteroatoms. The van der Waals surface area contributed by atoms with Crippen LogP contribution in [0.25, 0.3) is 0 Å². The fourth-order valence-electron chi connectivity index (χ4n) is 2.25. The van der Waals surface area contributed by atoms with Crippen LogP contribution in [0.2, 0.25) is 0 Å². The van der Waals surface area contributed by atoms with Crippen LogP contribution in [0, 0.1) is 11.8 Å². The van der Waals surface area contributed by atoms with Gasteiger partial charge in [0.25, 0.3) is 0 Å². The number of hydrogen-bond acceptors (Lipinski definition) is 1. The van der Waals surface area contributed by atoms with Gasteiger partial charge in [-0.25, -0.2) is 0 Å². The summed E-state index contributed by atoms with van der Waals surface area (Å²) in [5.74, 6) is -0.159. The first kappa shape index (κ1) is 9.56. The molecule has 0 bridgehead atoms. The van der Waals surface area contributed by atoms with E-state index in [1.54, 1.807) is 0 Å². The smallest absolute Gasteiger partial charge is 0.306 e. The first-order valence-electron chi connectivity index (χ1n) is 4.98. The first-order valence-corrected chi connectivity index (χ1v) is 4.98. The second kappa shape index (κ2) is 4.48. The number of aliphatic carboxylic acids is 1. The highest BCUT2D eigenvalue weighted by Gasteiger charge is 2.29. The van der Waals surface area contributed by atoms with Crippen LogP contribution >= 0.6 is 0 Å². The average molecular weight is 170 g/mol. The summed E-state index contributed by atoms with van der Waals surface area (Å²) < 4.78 is 0. The largest absolute Gasteiger partial charge is 0.481 e. The number of hydrogen-bond donors (Lipinski definition) is 1. The van der Waals surface area contributed by atoms with Gasteiger partial charge in [-0.1, -0.05) is 26.2 Å². The summed E-state index contributed by atoms with van der Waals surface area (Å²) >= 11 is 0. The maximum atomic E-state index is 10.8. The molecule has 1 saturated carbocycles. The van der Waals surface area contributed by atoms with E-state index in [2.05, 4.69) is 6.92 Å². The quantitative estimate of drug-likeness (QED) is 0.707. The Bertz CT molecular complexity index is 152. The van der Waals surface area contributed by atoms with Gasteiger partial charge >= 0.3 is 5.97 Å². The zero-order valence-corrected chi connectivity index (χ0v) is 7.75. The molecule has 1 aliphatic rings. The molecule has 0 spiro atoms. The van der Waals surface area contributed by atoms with Crippen molar-refractivity contribution in [2.75, 3.05) is 0 Å². The third-order valence-electron chi connectivity index (χ3n) is 2.89. The van der Waals surface area contributed by atoms with Gasteiger partial charge in [-0.05, 0) is 25.2 Å². The Kier molecular flexibility index (Phi) is 3.57. The van der Waals surface area contributed by atoms with Crippen LogP contribution < -0.4 is 0 Å². The summed E-state index contributed by atoms with van der Waals surface area (Å²) in [4.78, 5) is 10.8. The molecule has 1 unspecified atom stereocenters. The summed E-state index contributed by atoms with van der Waals surface area (Å²) in [6, 6.07) is 0. The summed E-state index contributed by atoms with van der Waals surface area (Å²) in [7, 11) is 0. The van der Waals surface area contributed by atoms with E-state index in [9.17, 15) is 4.79 Å². The van der Waals surface area contributed by atoms with Crippen molar-refractivity contribution in [2.45, 2.75) is 45.4 Å². The molecular weight excluding hydrogens is 152 g/mol. The molecular formula is C10H18O2. The molecule has 1 aliphatic carbocycles. The highest BCUT2D eigenvalue weighted by Crippen LogP contribution is 2.33. The van der Waals surface area contributed by atoms with Crippen LogP contribution in [-0.4, -0.2) is 11.1 Å². The molecule has 1 N–H and O–H groups in total. The molecule has 2 atom stereocenters. The fourth-order valence-corrected chi connectivity index (χ4v) is 2.25. The average Bonchev–Trinajstić information content (AvgIpc) is 2.05. The lowest BCUT2D eigenvalue weighted by Crippen LogP contribution is -2.26. The highest BCUT2D eigenvalue weighted by atomic mass is 16.4. The predicted octanol–water partition coefficient (Wildman–Crippen LogP) is 2.68. The lowest BCUT2D eigenvalue weighted by molar-refractivity contribution is -0.145. The van der Waals surface area contributed by atoms with E-state index in [1.165, 1.54) is 6.42 Å². The molecule has 12 heavy (non-hydrogen) atoms. The van der Waals surface area contributed by atoms with Crippen molar-refractivity contribution in [3.8, 4) is 0 Å². The van der Waals surface area contributed by atoms with Crippen LogP contribution in [-0.2, 0) is 4.79 Å². The van der Waals surface area contributed by atoms with Gasteiger partial charge in [0.1, 0.15) is 0 Å². The maximum Gasteiger partial charge on any atom is 0.306 e. The number of carbonyl (C=O) groups is 1. The molecule has 0 aromatic heterocycles. The van der Waals surface area contributed by atoms with Gasteiger partial charge < -0.3 is 5.11 Å². The molecule has 0 aromatic rings. The molecule has 2 nitrogen and oxygen atoms in total. The summed E-state index contributed by atoms with van der Waals surface area (Å²) in [5, 5.41) is 8.94. The van der Waals surface area contributed by atoms with Crippen molar-refractivity contribution in [1.29, 1.82) is 0 Å². The van der Waals surface area contributed by atoms with E-state index < -0.39 is 5.97 Å². The first-order chi connectivity index (χ1) is 5.75. The molecule has 0 saturated heterocycles. The number of rotatable bonds is 3. The normalized spacial score (nSPS) is 30.1. The standard InChI is InChI=1S/C10H18O2/c1-2-5-8-6-3-4-7-9(8)10(11)12/h8-9H,2-7H2,1H3,(H,11,12)/t8?,9-/m1/s1. The Balaban J connectivity index is 2.48. The van der Waals surface area contributed by atoms with Crippen molar-refractivity contribution < 1.29 is 9.90 Å². The molecule has 0 radical (unpaired) electrons. The van der Waals surface area contributed by atoms with E-state index in [1.807, 2.05) is 0 Å². The van der Waals surface area contributed by atoms with Gasteiger partial charge in [0.15, 0.2) is 0 Å². The van der Waals surface area contributed by atoms with Crippen molar-refractivity contribution >= 4 is 5.97 Å². The van der Waals surface area contributed by atoms with Crippen LogP contribution in [0.4, 0.5) is 0 Å². The zero-order chi connectivity index (χ0) is 8.97. The van der Waals surface area contributed by atoms with Crippen LogP contribution in [0.3, 0.4) is 0 Å². The molecule has 1 fully saturated rings. The van der Waals surface area contributed by atoms with Crippen LogP contribution in [0.1, 0.15) is 45.4 Å². The lowest BCUT2D eigenvalue weighted by Gasteiger charge is -2.27. The lowest BCUT2D eigenvalue weighted by atomic mass is 9.77. The van der Waals surface area contributed by atoms with Gasteiger partial charge in [0.05, 0.1) is 5.92 Å². The Hall–Kier alpha value is -0.530. The van der Waals surface area contributed by atoms with E-state index in [4.69, 9.17) is 5.11 Å². The minimum absolute atomic E-state index is 0.0429. The molecule has 0 amide bonds. The minimum Gasteiger partial charge on any atom is -0.481 e. The van der Waals surface area contributed by atoms with Gasteiger partial charge in [-0.2, -0.15) is 0 Å². The van der Waals surface area contributed by atoms with Gasteiger partial charge in [0.2, 0.25) is 0 Å². The third-order valence-corrected chi connectivity index (χ3v) is 2.89. The predicted molar refractivity (Wildman–Crippen MR) is 48.0 cm³/mol. The summed E-state index contributed by atoms with van der Waals surface area (Å²) in [5.41, 5.74) is 0. The van der Waals surface area contributed by atoms with E-state index in [0.29, 0.717) is 5.92 Å². The molecule has 70 valence electrons.